The van der Waals surface area contributed by atoms with Crippen LogP contribution in [0.25, 0.3) is 0 Å². The highest BCUT2D eigenvalue weighted by molar-refractivity contribution is 7.13. The van der Waals surface area contributed by atoms with Crippen LogP contribution in [0, 0.1) is 0 Å². The lowest BCUT2D eigenvalue weighted by atomic mass is 9.86. The Balaban J connectivity index is 1.58. The molecule has 0 saturated carbocycles. The number of nitrogens with zero attached hydrogens (tertiary/aromatic N) is 2. The topological polar surface area (TPSA) is 66.5 Å². The van der Waals surface area contributed by atoms with Gasteiger partial charge in [0.15, 0.2) is 5.13 Å². The van der Waals surface area contributed by atoms with E-state index in [1.54, 1.807) is 13.3 Å². The molecular weight excluding hydrogens is 360 g/mol. The molecule has 7 heteroatoms. The number of thiazole rings is 1. The number of rotatable bonds is 9. The number of aromatic nitrogens is 1. The molecule has 27 heavy (non-hydrogen) atoms. The Morgan fingerprint density at radius 3 is 2.74 bits per heavy atom. The Hall–Kier alpha value is -1.96. The summed E-state index contributed by atoms with van der Waals surface area (Å²) in [6.45, 7) is 3.84. The summed E-state index contributed by atoms with van der Waals surface area (Å²) in [5, 5.41) is 9.16. The monoisotopic (exact) mass is 388 g/mol. The Morgan fingerprint density at radius 1 is 1.30 bits per heavy atom. The highest BCUT2D eigenvalue weighted by Gasteiger charge is 2.41. The molecule has 0 aliphatic carbocycles. The van der Waals surface area contributed by atoms with Crippen LogP contribution in [0.2, 0.25) is 0 Å². The van der Waals surface area contributed by atoms with E-state index in [4.69, 9.17) is 4.74 Å². The van der Waals surface area contributed by atoms with Crippen LogP contribution >= 0.6 is 11.3 Å². The van der Waals surface area contributed by atoms with E-state index >= 15 is 0 Å². The van der Waals surface area contributed by atoms with Crippen molar-refractivity contribution < 1.29 is 9.53 Å². The van der Waals surface area contributed by atoms with Crippen LogP contribution in [0.15, 0.2) is 41.9 Å². The maximum atomic E-state index is 12.9. The van der Waals surface area contributed by atoms with Crippen LogP contribution in [0.5, 0.6) is 0 Å². The fourth-order valence-electron chi connectivity index (χ4n) is 3.42. The molecule has 2 N–H and O–H groups in total. The van der Waals surface area contributed by atoms with E-state index in [-0.39, 0.29) is 5.91 Å². The molecule has 2 heterocycles. The van der Waals surface area contributed by atoms with Crippen LogP contribution in [0.1, 0.15) is 18.4 Å². The van der Waals surface area contributed by atoms with Gasteiger partial charge in [-0.3, -0.25) is 4.79 Å². The van der Waals surface area contributed by atoms with Crippen LogP contribution in [0.3, 0.4) is 0 Å². The van der Waals surface area contributed by atoms with E-state index in [1.165, 1.54) is 16.9 Å². The lowest BCUT2D eigenvalue weighted by molar-refractivity contribution is -0.127. The molecule has 1 saturated heterocycles. The van der Waals surface area contributed by atoms with Crippen molar-refractivity contribution in [3.05, 3.63) is 47.5 Å². The Morgan fingerprint density at radius 2 is 2.07 bits per heavy atom. The fourth-order valence-corrected chi connectivity index (χ4v) is 4.05. The molecule has 1 aromatic heterocycles. The molecule has 1 aromatic carbocycles. The van der Waals surface area contributed by atoms with E-state index in [1.807, 2.05) is 11.4 Å². The first-order valence-corrected chi connectivity index (χ1v) is 10.3. The van der Waals surface area contributed by atoms with Gasteiger partial charge in [0.05, 0.1) is 6.61 Å². The fraction of sp³-hybridized carbons (Fsp3) is 0.500. The molecule has 0 spiro atoms. The summed E-state index contributed by atoms with van der Waals surface area (Å²) in [6, 6.07) is 10.5. The second-order valence-electron chi connectivity index (χ2n) is 6.87. The predicted octanol–water partition coefficient (Wildman–Crippen LogP) is 2.39. The number of carbonyl (C=O) groups is 1. The van der Waals surface area contributed by atoms with Gasteiger partial charge in [-0.25, -0.2) is 4.98 Å². The first-order chi connectivity index (χ1) is 13.2. The van der Waals surface area contributed by atoms with Gasteiger partial charge in [0.2, 0.25) is 5.91 Å². The van der Waals surface area contributed by atoms with Gasteiger partial charge in [0.1, 0.15) is 5.54 Å². The van der Waals surface area contributed by atoms with Crippen molar-refractivity contribution in [1.82, 2.24) is 15.2 Å². The summed E-state index contributed by atoms with van der Waals surface area (Å²) in [6.07, 6.45) is 4.33. The molecule has 1 aliphatic rings. The van der Waals surface area contributed by atoms with Crippen LogP contribution in [0.4, 0.5) is 5.13 Å². The van der Waals surface area contributed by atoms with Crippen molar-refractivity contribution in [3.63, 3.8) is 0 Å². The predicted molar refractivity (Wildman–Crippen MR) is 109 cm³/mol. The van der Waals surface area contributed by atoms with Crippen molar-refractivity contribution >= 4 is 22.4 Å². The first kappa shape index (κ1) is 19.8. The highest BCUT2D eigenvalue weighted by atomic mass is 32.1. The zero-order valence-corrected chi connectivity index (χ0v) is 16.6. The summed E-state index contributed by atoms with van der Waals surface area (Å²) in [4.78, 5) is 19.7. The Labute approximate surface area is 164 Å². The molecule has 0 radical (unpaired) electrons. The van der Waals surface area contributed by atoms with E-state index in [9.17, 15) is 4.79 Å². The molecule has 146 valence electrons. The van der Waals surface area contributed by atoms with Gasteiger partial charge in [-0.1, -0.05) is 30.3 Å². The normalized spacial score (nSPS) is 16.8. The minimum atomic E-state index is -0.602. The van der Waals surface area contributed by atoms with Gasteiger partial charge >= 0.3 is 0 Å². The second-order valence-corrected chi connectivity index (χ2v) is 7.76. The minimum absolute atomic E-state index is 0.0393. The van der Waals surface area contributed by atoms with Crippen molar-refractivity contribution in [1.29, 1.82) is 0 Å². The number of piperidine rings is 1. The smallest absolute Gasteiger partial charge is 0.245 e. The standard InChI is InChI=1S/C20H28N4O2S/c1-26-15-10-21-18(25)20(23-19-22-11-16-27-19)8-13-24(14-9-20)12-7-17-5-3-2-4-6-17/h2-6,11,16H,7-10,12-15H2,1H3,(H,21,25)(H,22,23). The van der Waals surface area contributed by atoms with Gasteiger partial charge < -0.3 is 20.3 Å². The minimum Gasteiger partial charge on any atom is -0.383 e. The number of carbonyl (C=O) groups excluding carboxylic acids is 1. The third-order valence-electron chi connectivity index (χ3n) is 5.07. The SMILES string of the molecule is COCCNC(=O)C1(Nc2nccs2)CCN(CCc2ccccc2)CC1. The molecule has 2 aromatic rings. The number of anilines is 1. The Kier molecular flexibility index (Phi) is 7.20. The Bertz CT molecular complexity index is 685. The number of likely N-dealkylation sites (tertiary alicyclic amines) is 1. The van der Waals surface area contributed by atoms with E-state index in [0.717, 1.165) is 44.0 Å². The number of benzene rings is 1. The summed E-state index contributed by atoms with van der Waals surface area (Å²) >= 11 is 1.53. The second kappa shape index (κ2) is 9.82. The van der Waals surface area contributed by atoms with Crippen molar-refractivity contribution in [2.24, 2.45) is 0 Å². The molecule has 3 rings (SSSR count). The van der Waals surface area contributed by atoms with E-state index in [2.05, 4.69) is 44.8 Å². The van der Waals surface area contributed by atoms with Crippen LogP contribution in [-0.4, -0.2) is 61.2 Å². The number of methoxy groups -OCH3 is 1. The van der Waals surface area contributed by atoms with Crippen LogP contribution in [-0.2, 0) is 16.0 Å². The molecular formula is C20H28N4O2S. The van der Waals surface area contributed by atoms with E-state index < -0.39 is 5.54 Å². The van der Waals surface area contributed by atoms with Gasteiger partial charge in [0, 0.05) is 44.9 Å². The average molecular weight is 389 g/mol. The molecule has 0 unspecified atom stereocenters. The van der Waals surface area contributed by atoms with E-state index in [0.29, 0.717) is 13.2 Å². The van der Waals surface area contributed by atoms with Crippen molar-refractivity contribution in [2.75, 3.05) is 45.2 Å². The molecule has 1 amide bonds. The summed E-state index contributed by atoms with van der Waals surface area (Å²) in [5.41, 5.74) is 0.752. The number of hydrogen-bond donors (Lipinski definition) is 2. The molecule has 6 nitrogen and oxygen atoms in total. The van der Waals surface area contributed by atoms with Crippen LogP contribution < -0.4 is 10.6 Å². The largest absolute Gasteiger partial charge is 0.383 e. The maximum Gasteiger partial charge on any atom is 0.245 e. The maximum absolute atomic E-state index is 12.9. The molecule has 0 atom stereocenters. The average Bonchev–Trinajstić information content (AvgIpc) is 3.21. The molecule has 1 fully saturated rings. The van der Waals surface area contributed by atoms with Gasteiger partial charge in [-0.05, 0) is 24.8 Å². The third kappa shape index (κ3) is 5.51. The number of amides is 1. The number of hydrogen-bond acceptors (Lipinski definition) is 6. The van der Waals surface area contributed by atoms with Crippen molar-refractivity contribution in [2.45, 2.75) is 24.8 Å². The van der Waals surface area contributed by atoms with Gasteiger partial charge in [-0.2, -0.15) is 0 Å². The molecule has 1 aliphatic heterocycles. The highest BCUT2D eigenvalue weighted by Crippen LogP contribution is 2.28. The van der Waals surface area contributed by atoms with Gasteiger partial charge in [-0.15, -0.1) is 11.3 Å². The zero-order chi connectivity index (χ0) is 19.0. The summed E-state index contributed by atoms with van der Waals surface area (Å²) in [5.74, 6) is 0.0393. The summed E-state index contributed by atoms with van der Waals surface area (Å²) in [7, 11) is 1.64. The lowest BCUT2D eigenvalue weighted by Crippen LogP contribution is -2.58. The quantitative estimate of drug-likeness (QED) is 0.646. The number of ether oxygens (including phenoxy) is 1. The third-order valence-corrected chi connectivity index (χ3v) is 5.76. The zero-order valence-electron chi connectivity index (χ0n) is 15.8. The first-order valence-electron chi connectivity index (χ1n) is 9.43. The van der Waals surface area contributed by atoms with Gasteiger partial charge in [0.25, 0.3) is 0 Å². The summed E-state index contributed by atoms with van der Waals surface area (Å²) < 4.78 is 5.06. The molecule has 0 bridgehead atoms. The van der Waals surface area contributed by atoms with Crippen molar-refractivity contribution in [3.8, 4) is 0 Å². The lowest BCUT2D eigenvalue weighted by Gasteiger charge is -2.41. The number of nitrogens with one attached hydrogen (secondary N) is 2.